The lowest BCUT2D eigenvalue weighted by Crippen LogP contribution is -2.39. The van der Waals surface area contributed by atoms with Gasteiger partial charge in [0, 0.05) is 13.7 Å². The predicted octanol–water partition coefficient (Wildman–Crippen LogP) is 0.854. The molecule has 0 aliphatic heterocycles. The van der Waals surface area contributed by atoms with Gasteiger partial charge >= 0.3 is 0 Å². The highest BCUT2D eigenvalue weighted by Gasteiger charge is 2.18. The van der Waals surface area contributed by atoms with Crippen molar-refractivity contribution in [3.63, 3.8) is 0 Å². The van der Waals surface area contributed by atoms with Crippen LogP contribution in [0.5, 0.6) is 5.75 Å². The Labute approximate surface area is 128 Å². The van der Waals surface area contributed by atoms with Gasteiger partial charge in [-0.15, -0.1) is 11.6 Å². The van der Waals surface area contributed by atoms with Gasteiger partial charge in [-0.1, -0.05) is 12.1 Å². The quantitative estimate of drug-likeness (QED) is 0.551. The Hall–Kier alpha value is -1.79. The van der Waals surface area contributed by atoms with Crippen LogP contribution < -0.4 is 15.4 Å². The number of carbonyl (C=O) groups excluding carboxylic acids is 2. The summed E-state index contributed by atoms with van der Waals surface area (Å²) in [7, 11) is 3.10. The molecule has 0 aliphatic carbocycles. The van der Waals surface area contributed by atoms with Crippen LogP contribution in [0.1, 0.15) is 10.9 Å². The molecule has 0 spiro atoms. The van der Waals surface area contributed by atoms with Gasteiger partial charge in [0.15, 0.2) is 0 Å². The first-order valence-corrected chi connectivity index (χ1v) is 6.83. The fourth-order valence-electron chi connectivity index (χ4n) is 1.54. The van der Waals surface area contributed by atoms with Gasteiger partial charge in [0.05, 0.1) is 20.3 Å². The van der Waals surface area contributed by atoms with E-state index in [1.807, 2.05) is 0 Å². The van der Waals surface area contributed by atoms with Crippen molar-refractivity contribution in [2.45, 2.75) is 5.38 Å². The Bertz CT molecular complexity index is 465. The third-order valence-electron chi connectivity index (χ3n) is 2.69. The molecule has 6 nitrogen and oxygen atoms in total. The number of amides is 2. The molecule has 0 radical (unpaired) electrons. The smallest absolute Gasteiger partial charge is 0.243 e. The van der Waals surface area contributed by atoms with Crippen LogP contribution in [0.15, 0.2) is 24.3 Å². The van der Waals surface area contributed by atoms with E-state index in [-0.39, 0.29) is 12.5 Å². The maximum Gasteiger partial charge on any atom is 0.243 e. The average Bonchev–Trinajstić information content (AvgIpc) is 2.52. The highest BCUT2D eigenvalue weighted by molar-refractivity contribution is 6.30. The molecule has 0 saturated carbocycles. The molecule has 0 aromatic heterocycles. The molecule has 2 amide bonds. The van der Waals surface area contributed by atoms with Crippen LogP contribution in [-0.4, -0.2) is 45.7 Å². The number of carbonyl (C=O) groups is 2. The number of alkyl halides is 1. The summed E-state index contributed by atoms with van der Waals surface area (Å²) in [5, 5.41) is 4.22. The van der Waals surface area contributed by atoms with Crippen molar-refractivity contribution in [2.75, 3.05) is 33.9 Å². The number of hydrogen-bond acceptors (Lipinski definition) is 4. The van der Waals surface area contributed by atoms with E-state index >= 15 is 0 Å². The van der Waals surface area contributed by atoms with Gasteiger partial charge in [-0.25, -0.2) is 0 Å². The average molecular weight is 315 g/mol. The summed E-state index contributed by atoms with van der Waals surface area (Å²) in [6, 6.07) is 6.84. The SMILES string of the molecule is COCCNC(=O)CNC(=O)C(Cl)c1ccc(OC)cc1. The minimum Gasteiger partial charge on any atom is -0.497 e. The topological polar surface area (TPSA) is 76.7 Å². The van der Waals surface area contributed by atoms with Gasteiger partial charge in [-0.2, -0.15) is 0 Å². The molecule has 7 heteroatoms. The summed E-state index contributed by atoms with van der Waals surface area (Å²) in [5.41, 5.74) is 0.634. The molecule has 1 aromatic rings. The summed E-state index contributed by atoms with van der Waals surface area (Å²) in [5.74, 6) is -0.0386. The predicted molar refractivity (Wildman–Crippen MR) is 79.5 cm³/mol. The van der Waals surface area contributed by atoms with Crippen LogP contribution in [0.2, 0.25) is 0 Å². The highest BCUT2D eigenvalue weighted by atomic mass is 35.5. The first kappa shape index (κ1) is 17.3. The number of ether oxygens (including phenoxy) is 2. The summed E-state index contributed by atoms with van der Waals surface area (Å²) in [6.45, 7) is 0.694. The van der Waals surface area contributed by atoms with Crippen molar-refractivity contribution < 1.29 is 19.1 Å². The molecule has 0 saturated heterocycles. The Morgan fingerprint density at radius 1 is 1.19 bits per heavy atom. The van der Waals surface area contributed by atoms with Crippen molar-refractivity contribution in [1.29, 1.82) is 0 Å². The molecule has 116 valence electrons. The van der Waals surface area contributed by atoms with Crippen molar-refractivity contribution in [1.82, 2.24) is 10.6 Å². The third-order valence-corrected chi connectivity index (χ3v) is 3.14. The zero-order valence-corrected chi connectivity index (χ0v) is 12.8. The monoisotopic (exact) mass is 314 g/mol. The van der Waals surface area contributed by atoms with Gasteiger partial charge in [0.2, 0.25) is 11.8 Å². The van der Waals surface area contributed by atoms with E-state index in [2.05, 4.69) is 10.6 Å². The minimum atomic E-state index is -0.859. The van der Waals surface area contributed by atoms with Crippen molar-refractivity contribution in [3.05, 3.63) is 29.8 Å². The Balaban J connectivity index is 2.41. The molecule has 1 rings (SSSR count). The second kappa shape index (κ2) is 9.20. The number of hydrogen-bond donors (Lipinski definition) is 2. The summed E-state index contributed by atoms with van der Waals surface area (Å²) in [6.07, 6.45) is 0. The molecule has 2 N–H and O–H groups in total. The number of rotatable bonds is 8. The fourth-order valence-corrected chi connectivity index (χ4v) is 1.76. The Kier molecular flexibility index (Phi) is 7.56. The molecule has 0 fully saturated rings. The summed E-state index contributed by atoms with van der Waals surface area (Å²) < 4.78 is 9.83. The van der Waals surface area contributed by atoms with Crippen LogP contribution in [-0.2, 0) is 14.3 Å². The van der Waals surface area contributed by atoms with Crippen LogP contribution in [0.3, 0.4) is 0 Å². The molecule has 1 unspecified atom stereocenters. The standard InChI is InChI=1S/C14H19ClN2O4/c1-20-8-7-16-12(18)9-17-14(19)13(15)10-3-5-11(21-2)6-4-10/h3-6,13H,7-9H2,1-2H3,(H,16,18)(H,17,19). The van der Waals surface area contributed by atoms with E-state index in [0.29, 0.717) is 24.5 Å². The van der Waals surface area contributed by atoms with Gasteiger partial charge in [-0.3, -0.25) is 9.59 Å². The van der Waals surface area contributed by atoms with E-state index in [0.717, 1.165) is 0 Å². The zero-order valence-electron chi connectivity index (χ0n) is 12.0. The maximum absolute atomic E-state index is 11.9. The van der Waals surface area contributed by atoms with Crippen molar-refractivity contribution >= 4 is 23.4 Å². The van der Waals surface area contributed by atoms with Crippen LogP contribution in [0.25, 0.3) is 0 Å². The number of benzene rings is 1. The van der Waals surface area contributed by atoms with Crippen molar-refractivity contribution in [3.8, 4) is 5.75 Å². The number of nitrogens with one attached hydrogen (secondary N) is 2. The molecule has 1 aromatic carbocycles. The first-order chi connectivity index (χ1) is 10.1. The number of methoxy groups -OCH3 is 2. The lowest BCUT2D eigenvalue weighted by Gasteiger charge is -2.11. The molecule has 1 atom stereocenters. The van der Waals surface area contributed by atoms with Gasteiger partial charge < -0.3 is 20.1 Å². The lowest BCUT2D eigenvalue weighted by atomic mass is 10.1. The third kappa shape index (κ3) is 6.01. The van der Waals surface area contributed by atoms with E-state index in [1.54, 1.807) is 38.5 Å². The zero-order chi connectivity index (χ0) is 15.7. The first-order valence-electron chi connectivity index (χ1n) is 6.40. The minimum absolute atomic E-state index is 0.123. The van der Waals surface area contributed by atoms with Crippen LogP contribution in [0, 0.1) is 0 Å². The normalized spacial score (nSPS) is 11.6. The second-order valence-corrected chi connectivity index (χ2v) is 4.63. The van der Waals surface area contributed by atoms with Crippen molar-refractivity contribution in [2.24, 2.45) is 0 Å². The lowest BCUT2D eigenvalue weighted by molar-refractivity contribution is -0.126. The molecule has 21 heavy (non-hydrogen) atoms. The molecular formula is C14H19ClN2O4. The Morgan fingerprint density at radius 2 is 1.86 bits per heavy atom. The van der Waals surface area contributed by atoms with E-state index in [1.165, 1.54) is 0 Å². The molecule has 0 bridgehead atoms. The van der Waals surface area contributed by atoms with E-state index < -0.39 is 11.3 Å². The van der Waals surface area contributed by atoms with Gasteiger partial charge in [0.25, 0.3) is 0 Å². The Morgan fingerprint density at radius 3 is 2.43 bits per heavy atom. The summed E-state index contributed by atoms with van der Waals surface area (Å²) >= 11 is 6.06. The summed E-state index contributed by atoms with van der Waals surface area (Å²) in [4.78, 5) is 23.3. The molecular weight excluding hydrogens is 296 g/mol. The van der Waals surface area contributed by atoms with E-state index in [9.17, 15) is 9.59 Å². The number of halogens is 1. The largest absolute Gasteiger partial charge is 0.497 e. The van der Waals surface area contributed by atoms with Gasteiger partial charge in [-0.05, 0) is 17.7 Å². The molecule has 0 heterocycles. The highest BCUT2D eigenvalue weighted by Crippen LogP contribution is 2.22. The van der Waals surface area contributed by atoms with E-state index in [4.69, 9.17) is 21.1 Å². The fraction of sp³-hybridized carbons (Fsp3) is 0.429. The van der Waals surface area contributed by atoms with Gasteiger partial charge in [0.1, 0.15) is 11.1 Å². The van der Waals surface area contributed by atoms with Crippen LogP contribution >= 0.6 is 11.6 Å². The maximum atomic E-state index is 11.9. The second-order valence-electron chi connectivity index (χ2n) is 4.20. The molecule has 0 aliphatic rings. The van der Waals surface area contributed by atoms with Crippen LogP contribution in [0.4, 0.5) is 0 Å².